The number of hydrogen-bond acceptors (Lipinski definition) is 4. The number of rotatable bonds is 5. The number of aromatic nitrogens is 4. The Balaban J connectivity index is 1.51. The molecule has 0 atom stereocenters. The molecule has 6 nitrogen and oxygen atoms in total. The Morgan fingerprint density at radius 2 is 2.19 bits per heavy atom. The van der Waals surface area contributed by atoms with E-state index in [4.69, 9.17) is 4.74 Å². The zero-order valence-corrected chi connectivity index (χ0v) is 11.3. The molecule has 0 radical (unpaired) electrons. The van der Waals surface area contributed by atoms with Crippen LogP contribution in [0.3, 0.4) is 0 Å². The summed E-state index contributed by atoms with van der Waals surface area (Å²) >= 11 is 0. The van der Waals surface area contributed by atoms with Crippen LogP contribution >= 0.6 is 0 Å². The average molecular weight is 282 g/mol. The Bertz CT molecular complexity index is 768. The molecule has 1 saturated carbocycles. The van der Waals surface area contributed by atoms with Crippen LogP contribution in [0.15, 0.2) is 30.3 Å². The van der Waals surface area contributed by atoms with Crippen LogP contribution in [0.2, 0.25) is 0 Å². The summed E-state index contributed by atoms with van der Waals surface area (Å²) in [5.41, 5.74) is 2.60. The highest BCUT2D eigenvalue weighted by atomic mass is 16.5. The van der Waals surface area contributed by atoms with Crippen molar-refractivity contribution in [2.24, 2.45) is 5.92 Å². The molecule has 0 saturated heterocycles. The summed E-state index contributed by atoms with van der Waals surface area (Å²) in [6.07, 6.45) is 1.99. The number of benzene rings is 1. The van der Waals surface area contributed by atoms with E-state index in [9.17, 15) is 4.79 Å². The fourth-order valence-corrected chi connectivity index (χ4v) is 2.25. The van der Waals surface area contributed by atoms with Gasteiger partial charge >= 0.3 is 0 Å². The number of carbonyl (C=O) groups excluding carboxylic acids is 1. The summed E-state index contributed by atoms with van der Waals surface area (Å²) in [6.45, 7) is 0.0924. The van der Waals surface area contributed by atoms with Crippen LogP contribution in [0.4, 0.5) is 0 Å². The van der Waals surface area contributed by atoms with E-state index >= 15 is 0 Å². The lowest BCUT2D eigenvalue weighted by Gasteiger charge is -1.99. The van der Waals surface area contributed by atoms with Crippen LogP contribution in [-0.2, 0) is 4.79 Å². The molecule has 2 heterocycles. The number of ether oxygens (including phenoxy) is 1. The molecule has 0 bridgehead atoms. The lowest BCUT2D eigenvalue weighted by molar-refractivity contribution is -0.122. The predicted octanol–water partition coefficient (Wildman–Crippen LogP) is 2.31. The molecule has 21 heavy (non-hydrogen) atoms. The number of imidazole rings is 1. The largest absolute Gasteiger partial charge is 0.469 e. The molecule has 1 fully saturated rings. The van der Waals surface area contributed by atoms with Crippen LogP contribution in [0.1, 0.15) is 12.8 Å². The minimum absolute atomic E-state index is 0.0924. The normalized spacial score (nSPS) is 14.5. The summed E-state index contributed by atoms with van der Waals surface area (Å²) in [7, 11) is 0. The van der Waals surface area contributed by atoms with E-state index in [1.165, 1.54) is 0 Å². The van der Waals surface area contributed by atoms with Gasteiger partial charge in [-0.2, -0.15) is 0 Å². The summed E-state index contributed by atoms with van der Waals surface area (Å²) in [4.78, 5) is 19.3. The van der Waals surface area contributed by atoms with Crippen LogP contribution in [0.25, 0.3) is 22.6 Å². The van der Waals surface area contributed by atoms with E-state index in [-0.39, 0.29) is 18.3 Å². The topological polar surface area (TPSA) is 83.7 Å². The minimum Gasteiger partial charge on any atom is -0.469 e. The number of H-pyrrole nitrogens is 2. The molecule has 2 N–H and O–H groups in total. The number of nitrogens with one attached hydrogen (secondary N) is 2. The number of aromatic amines is 2. The summed E-state index contributed by atoms with van der Waals surface area (Å²) < 4.78 is 5.41. The lowest BCUT2D eigenvalue weighted by Crippen LogP contribution is -2.12. The first kappa shape index (κ1) is 12.1. The van der Waals surface area contributed by atoms with Gasteiger partial charge in [0.05, 0.1) is 11.0 Å². The van der Waals surface area contributed by atoms with Gasteiger partial charge in [-0.25, -0.2) is 4.98 Å². The third kappa shape index (κ3) is 2.40. The lowest BCUT2D eigenvalue weighted by atomic mass is 10.3. The maximum Gasteiger partial charge on any atom is 0.233 e. The number of carbonyl (C=O) groups is 1. The Morgan fingerprint density at radius 3 is 3.00 bits per heavy atom. The van der Waals surface area contributed by atoms with Crippen molar-refractivity contribution in [1.82, 2.24) is 20.2 Å². The van der Waals surface area contributed by atoms with E-state index in [1.54, 1.807) is 6.07 Å². The predicted molar refractivity (Wildman–Crippen MR) is 76.9 cm³/mol. The van der Waals surface area contributed by atoms with Crippen LogP contribution in [-0.4, -0.2) is 32.6 Å². The Labute approximate surface area is 120 Å². The highest BCUT2D eigenvalue weighted by molar-refractivity contribution is 5.84. The fraction of sp³-hybridized carbons (Fsp3) is 0.267. The molecule has 4 rings (SSSR count). The van der Waals surface area contributed by atoms with Crippen molar-refractivity contribution in [1.29, 1.82) is 0 Å². The highest BCUT2D eigenvalue weighted by Crippen LogP contribution is 2.30. The van der Waals surface area contributed by atoms with Crippen LogP contribution < -0.4 is 4.74 Å². The smallest absolute Gasteiger partial charge is 0.233 e. The van der Waals surface area contributed by atoms with Gasteiger partial charge in [0.25, 0.3) is 0 Å². The summed E-state index contributed by atoms with van der Waals surface area (Å²) in [5.74, 6) is 1.48. The van der Waals surface area contributed by atoms with Crippen molar-refractivity contribution >= 4 is 16.8 Å². The van der Waals surface area contributed by atoms with Gasteiger partial charge in [0.1, 0.15) is 12.3 Å². The molecule has 0 amide bonds. The summed E-state index contributed by atoms with van der Waals surface area (Å²) in [6, 6.07) is 9.55. The quantitative estimate of drug-likeness (QED) is 0.752. The maximum absolute atomic E-state index is 11.6. The Morgan fingerprint density at radius 1 is 1.33 bits per heavy atom. The van der Waals surface area contributed by atoms with Gasteiger partial charge in [0.15, 0.2) is 11.6 Å². The molecular weight excluding hydrogens is 268 g/mol. The third-order valence-corrected chi connectivity index (χ3v) is 3.59. The van der Waals surface area contributed by atoms with Crippen LogP contribution in [0.5, 0.6) is 5.88 Å². The monoisotopic (exact) mass is 282 g/mol. The molecule has 2 aromatic heterocycles. The second kappa shape index (κ2) is 4.73. The first-order valence-corrected chi connectivity index (χ1v) is 6.95. The van der Waals surface area contributed by atoms with Crippen molar-refractivity contribution in [3.05, 3.63) is 30.3 Å². The maximum atomic E-state index is 11.6. The molecule has 106 valence electrons. The molecule has 0 unspecified atom stereocenters. The van der Waals surface area contributed by atoms with Gasteiger partial charge in [-0.15, -0.1) is 5.10 Å². The Kier molecular flexibility index (Phi) is 2.73. The van der Waals surface area contributed by atoms with Crippen molar-refractivity contribution in [2.45, 2.75) is 12.8 Å². The van der Waals surface area contributed by atoms with E-state index < -0.39 is 0 Å². The van der Waals surface area contributed by atoms with E-state index in [0.29, 0.717) is 11.7 Å². The van der Waals surface area contributed by atoms with Gasteiger partial charge in [-0.05, 0) is 25.0 Å². The number of ketones is 1. The summed E-state index contributed by atoms with van der Waals surface area (Å²) in [5, 5.41) is 6.93. The van der Waals surface area contributed by atoms with Crippen molar-refractivity contribution in [3.63, 3.8) is 0 Å². The number of Topliss-reactive ketones (excluding diaryl/α,β-unsaturated/α-hetero) is 1. The first-order valence-electron chi connectivity index (χ1n) is 6.95. The molecule has 0 spiro atoms. The Hall–Kier alpha value is -2.63. The second-order valence-corrected chi connectivity index (χ2v) is 5.25. The van der Waals surface area contributed by atoms with Crippen molar-refractivity contribution < 1.29 is 9.53 Å². The zero-order chi connectivity index (χ0) is 14.2. The number of hydrogen-bond donors (Lipinski definition) is 2. The van der Waals surface area contributed by atoms with Gasteiger partial charge in [-0.1, -0.05) is 12.1 Å². The molecule has 1 aliphatic carbocycles. The number of fused-ring (bicyclic) bond motifs is 1. The number of nitrogens with zero attached hydrogens (tertiary/aromatic N) is 2. The van der Waals surface area contributed by atoms with Gasteiger partial charge in [0, 0.05) is 12.0 Å². The highest BCUT2D eigenvalue weighted by Gasteiger charge is 2.29. The van der Waals surface area contributed by atoms with Gasteiger partial charge in [0.2, 0.25) is 5.88 Å². The van der Waals surface area contributed by atoms with E-state index in [1.807, 2.05) is 24.3 Å². The van der Waals surface area contributed by atoms with Crippen LogP contribution in [0, 0.1) is 5.92 Å². The molecule has 1 aromatic carbocycles. The van der Waals surface area contributed by atoms with Gasteiger partial charge < -0.3 is 9.72 Å². The van der Waals surface area contributed by atoms with E-state index in [2.05, 4.69) is 20.2 Å². The number of para-hydroxylation sites is 2. The fourth-order valence-electron chi connectivity index (χ4n) is 2.25. The SMILES string of the molecule is O=C(COc1cc(-c2nc3ccccc3[nH]2)[nH]n1)C1CC1. The average Bonchev–Trinajstić information content (AvgIpc) is 3.10. The molecule has 1 aliphatic rings. The molecule has 6 heteroatoms. The standard InChI is InChI=1S/C15H14N4O2/c20-13(9-5-6-9)8-21-14-7-12(18-19-14)15-16-10-3-1-2-4-11(10)17-15/h1-4,7,9H,5-6,8H2,(H,16,17)(H,18,19). The van der Waals surface area contributed by atoms with Gasteiger partial charge in [-0.3, -0.25) is 9.89 Å². The van der Waals surface area contributed by atoms with Crippen molar-refractivity contribution in [2.75, 3.05) is 6.61 Å². The minimum atomic E-state index is 0.0924. The zero-order valence-electron chi connectivity index (χ0n) is 11.3. The molecule has 3 aromatic rings. The molecular formula is C15H14N4O2. The van der Waals surface area contributed by atoms with Crippen molar-refractivity contribution in [3.8, 4) is 17.4 Å². The molecule has 0 aliphatic heterocycles. The first-order chi connectivity index (χ1) is 10.3. The third-order valence-electron chi connectivity index (χ3n) is 3.59. The van der Waals surface area contributed by atoms with E-state index in [0.717, 1.165) is 29.6 Å². The second-order valence-electron chi connectivity index (χ2n) is 5.25.